The van der Waals surface area contributed by atoms with Gasteiger partial charge in [-0.3, -0.25) is 0 Å². The number of para-hydroxylation sites is 2. The molecule has 6 heteroatoms. The number of hydrogen-bond acceptors (Lipinski definition) is 3. The normalized spacial score (nSPS) is 17.0. The summed E-state index contributed by atoms with van der Waals surface area (Å²) in [4.78, 5) is 17.8. The lowest BCUT2D eigenvalue weighted by molar-refractivity contribution is 0.259. The van der Waals surface area contributed by atoms with Crippen molar-refractivity contribution >= 4 is 28.6 Å². The van der Waals surface area contributed by atoms with Gasteiger partial charge in [-0.1, -0.05) is 23.9 Å². The van der Waals surface area contributed by atoms with Gasteiger partial charge in [-0.05, 0) is 12.1 Å². The Kier molecular flexibility index (Phi) is 4.09. The number of aliphatic imine (C=N–C) groups is 1. The maximum Gasteiger partial charge on any atom is 0.347 e. The first-order valence-electron chi connectivity index (χ1n) is 5.57. The van der Waals surface area contributed by atoms with E-state index in [0.29, 0.717) is 11.4 Å². The van der Waals surface area contributed by atoms with Gasteiger partial charge in [0.05, 0.1) is 12.8 Å². The molecule has 0 bridgehead atoms. The van der Waals surface area contributed by atoms with Gasteiger partial charge in [0.2, 0.25) is 0 Å². The minimum absolute atomic E-state index is 0.379. The molecule has 5 nitrogen and oxygen atoms in total. The Morgan fingerprint density at radius 3 is 2.94 bits per heavy atom. The third-order valence-corrected chi connectivity index (χ3v) is 3.58. The number of methoxy groups -OCH3 is 1. The van der Waals surface area contributed by atoms with Crippen molar-refractivity contribution < 1.29 is 9.53 Å². The van der Waals surface area contributed by atoms with Crippen molar-refractivity contribution in [2.75, 3.05) is 31.8 Å². The van der Waals surface area contributed by atoms with E-state index in [0.717, 1.165) is 17.5 Å². The lowest BCUT2D eigenvalue weighted by atomic mass is 10.3. The molecule has 1 aromatic rings. The van der Waals surface area contributed by atoms with E-state index in [2.05, 4.69) is 10.3 Å². The molecular formula is C12H15N3O2S. The van der Waals surface area contributed by atoms with E-state index in [4.69, 9.17) is 4.74 Å². The van der Waals surface area contributed by atoms with Gasteiger partial charge in [0.15, 0.2) is 5.17 Å². The molecule has 0 unspecified atom stereocenters. The fraction of sp³-hybridized carbons (Fsp3) is 0.333. The van der Waals surface area contributed by atoms with Crippen LogP contribution in [0.15, 0.2) is 29.3 Å². The highest BCUT2D eigenvalue weighted by Gasteiger charge is 2.16. The van der Waals surface area contributed by atoms with Crippen molar-refractivity contribution in [3.05, 3.63) is 24.3 Å². The monoisotopic (exact) mass is 265 g/mol. The Morgan fingerprint density at radius 2 is 2.28 bits per heavy atom. The van der Waals surface area contributed by atoms with E-state index >= 15 is 0 Å². The standard InChI is InChI=1S/C12H15N3O2S/c1-15-7-8-18-12(15)14-11(16)13-9-5-3-4-6-10(9)17-2/h3-6H,7-8H2,1-2H3,(H,13,16)/b14-12+. The third kappa shape index (κ3) is 2.95. The summed E-state index contributed by atoms with van der Waals surface area (Å²) in [6, 6.07) is 6.88. The van der Waals surface area contributed by atoms with Crippen LogP contribution in [0.1, 0.15) is 0 Å². The second kappa shape index (κ2) is 5.77. The van der Waals surface area contributed by atoms with Crippen LogP contribution in [0.4, 0.5) is 10.5 Å². The third-order valence-electron chi connectivity index (χ3n) is 2.53. The summed E-state index contributed by atoms with van der Waals surface area (Å²) in [5.41, 5.74) is 0.625. The van der Waals surface area contributed by atoms with E-state index in [1.165, 1.54) is 0 Å². The van der Waals surface area contributed by atoms with Gasteiger partial charge in [0.25, 0.3) is 0 Å². The average Bonchev–Trinajstić information content (AvgIpc) is 2.75. The molecule has 1 aromatic carbocycles. The van der Waals surface area contributed by atoms with E-state index in [1.807, 2.05) is 24.1 Å². The highest BCUT2D eigenvalue weighted by atomic mass is 32.2. The largest absolute Gasteiger partial charge is 0.495 e. The molecule has 2 rings (SSSR count). The van der Waals surface area contributed by atoms with Gasteiger partial charge in [-0.2, -0.15) is 4.99 Å². The maximum absolute atomic E-state index is 11.8. The van der Waals surface area contributed by atoms with Crippen LogP contribution in [-0.2, 0) is 0 Å². The molecule has 1 saturated heterocycles. The van der Waals surface area contributed by atoms with Gasteiger partial charge >= 0.3 is 6.03 Å². The Bertz CT molecular complexity index is 476. The van der Waals surface area contributed by atoms with E-state index in [-0.39, 0.29) is 6.03 Å². The molecule has 1 aliphatic rings. The topological polar surface area (TPSA) is 53.9 Å². The van der Waals surface area contributed by atoms with Crippen molar-refractivity contribution in [2.24, 2.45) is 4.99 Å². The number of urea groups is 1. The van der Waals surface area contributed by atoms with Crippen LogP contribution in [0.3, 0.4) is 0 Å². The summed E-state index contributed by atoms with van der Waals surface area (Å²) in [7, 11) is 3.49. The predicted molar refractivity (Wildman–Crippen MR) is 74.5 cm³/mol. The van der Waals surface area contributed by atoms with Crippen LogP contribution >= 0.6 is 11.8 Å². The lowest BCUT2D eigenvalue weighted by Gasteiger charge is -2.10. The number of ether oxygens (including phenoxy) is 1. The zero-order chi connectivity index (χ0) is 13.0. The molecule has 1 fully saturated rings. The maximum atomic E-state index is 11.8. The minimum atomic E-state index is -0.379. The van der Waals surface area contributed by atoms with Crippen LogP contribution < -0.4 is 10.1 Å². The zero-order valence-corrected chi connectivity index (χ0v) is 11.2. The number of anilines is 1. The Balaban J connectivity index is 2.07. The molecule has 2 amide bonds. The quantitative estimate of drug-likeness (QED) is 0.891. The van der Waals surface area contributed by atoms with Crippen molar-refractivity contribution in [3.63, 3.8) is 0 Å². The molecule has 1 N–H and O–H groups in total. The number of benzene rings is 1. The van der Waals surface area contributed by atoms with Crippen molar-refractivity contribution in [3.8, 4) is 5.75 Å². The Morgan fingerprint density at radius 1 is 1.50 bits per heavy atom. The van der Waals surface area contributed by atoms with Crippen molar-refractivity contribution in [1.82, 2.24) is 4.90 Å². The summed E-state index contributed by atoms with van der Waals surface area (Å²) in [6.07, 6.45) is 0. The molecule has 0 radical (unpaired) electrons. The summed E-state index contributed by atoms with van der Waals surface area (Å²) in [6.45, 7) is 0.922. The fourth-order valence-electron chi connectivity index (χ4n) is 1.58. The predicted octanol–water partition coefficient (Wildman–Crippen LogP) is 2.26. The molecule has 96 valence electrons. The van der Waals surface area contributed by atoms with E-state index in [1.54, 1.807) is 31.0 Å². The zero-order valence-electron chi connectivity index (χ0n) is 10.3. The van der Waals surface area contributed by atoms with Crippen LogP contribution in [0.5, 0.6) is 5.75 Å². The Labute approximate surface area is 110 Å². The van der Waals surface area contributed by atoms with Crippen LogP contribution in [0.25, 0.3) is 0 Å². The number of hydrogen-bond donors (Lipinski definition) is 1. The molecule has 0 spiro atoms. The first kappa shape index (κ1) is 12.8. The van der Waals surface area contributed by atoms with Gasteiger partial charge < -0.3 is 15.0 Å². The number of carbonyl (C=O) groups excluding carboxylic acids is 1. The molecule has 0 atom stereocenters. The summed E-state index contributed by atoms with van der Waals surface area (Å²) in [5, 5.41) is 3.47. The van der Waals surface area contributed by atoms with Gasteiger partial charge in [0, 0.05) is 19.3 Å². The molecule has 18 heavy (non-hydrogen) atoms. The molecule has 1 heterocycles. The van der Waals surface area contributed by atoms with Gasteiger partial charge in [0.1, 0.15) is 5.75 Å². The number of amides is 2. The van der Waals surface area contributed by atoms with Crippen molar-refractivity contribution in [2.45, 2.75) is 0 Å². The van der Waals surface area contributed by atoms with Crippen molar-refractivity contribution in [1.29, 1.82) is 0 Å². The minimum Gasteiger partial charge on any atom is -0.495 e. The summed E-state index contributed by atoms with van der Waals surface area (Å²) < 4.78 is 5.16. The first-order valence-corrected chi connectivity index (χ1v) is 6.56. The van der Waals surface area contributed by atoms with E-state index in [9.17, 15) is 4.79 Å². The molecule has 1 aliphatic heterocycles. The summed E-state index contributed by atoms with van der Waals surface area (Å²) >= 11 is 1.58. The Hall–Kier alpha value is -1.69. The summed E-state index contributed by atoms with van der Waals surface area (Å²) in [5.74, 6) is 1.59. The number of nitrogens with zero attached hydrogens (tertiary/aromatic N) is 2. The van der Waals surface area contributed by atoms with Crippen LogP contribution in [0.2, 0.25) is 0 Å². The lowest BCUT2D eigenvalue weighted by Crippen LogP contribution is -2.20. The molecular weight excluding hydrogens is 250 g/mol. The van der Waals surface area contributed by atoms with E-state index < -0.39 is 0 Å². The van der Waals surface area contributed by atoms with Crippen LogP contribution in [-0.4, -0.2) is 42.6 Å². The first-order chi connectivity index (χ1) is 8.70. The van der Waals surface area contributed by atoms with Gasteiger partial charge in [-0.15, -0.1) is 0 Å². The van der Waals surface area contributed by atoms with Crippen LogP contribution in [0, 0.1) is 0 Å². The fourth-order valence-corrected chi connectivity index (χ4v) is 2.58. The number of amidine groups is 1. The molecule has 0 saturated carbocycles. The number of rotatable bonds is 2. The SMILES string of the molecule is COc1ccccc1NC(=O)/N=C1/SCCN1C. The second-order valence-corrected chi connectivity index (χ2v) is 4.86. The second-order valence-electron chi connectivity index (χ2n) is 3.79. The molecule has 0 aromatic heterocycles. The number of nitrogens with one attached hydrogen (secondary N) is 1. The smallest absolute Gasteiger partial charge is 0.347 e. The molecule has 0 aliphatic carbocycles. The highest BCUT2D eigenvalue weighted by molar-refractivity contribution is 8.14. The highest BCUT2D eigenvalue weighted by Crippen LogP contribution is 2.23. The average molecular weight is 265 g/mol. The number of carbonyl (C=O) groups is 1. The van der Waals surface area contributed by atoms with Gasteiger partial charge in [-0.25, -0.2) is 4.79 Å². The number of thioether (sulfide) groups is 1.